The molecule has 0 radical (unpaired) electrons. The topological polar surface area (TPSA) is 38.8 Å². The second kappa shape index (κ2) is 7.14. The fraction of sp³-hybridized carbons (Fsp3) is 0.611. The molecule has 0 saturated carbocycles. The molecule has 2 aliphatic rings. The Bertz CT molecular complexity index is 511. The van der Waals surface area contributed by atoms with E-state index in [9.17, 15) is 4.79 Å². The molecule has 2 fully saturated rings. The van der Waals surface area contributed by atoms with Gasteiger partial charge in [-0.15, -0.1) is 0 Å². The van der Waals surface area contributed by atoms with Gasteiger partial charge < -0.3 is 14.4 Å². The first-order valence-corrected chi connectivity index (χ1v) is 8.37. The lowest BCUT2D eigenvalue weighted by Crippen LogP contribution is -2.39. The highest BCUT2D eigenvalue weighted by atomic mass is 16.5. The lowest BCUT2D eigenvalue weighted by molar-refractivity contribution is 0.0625. The number of ether oxygens (including phenoxy) is 2. The molecule has 4 heteroatoms. The summed E-state index contributed by atoms with van der Waals surface area (Å²) in [5.74, 6) is 1.35. The van der Waals surface area contributed by atoms with Crippen molar-refractivity contribution in [3.05, 3.63) is 29.8 Å². The van der Waals surface area contributed by atoms with Crippen LogP contribution in [0.4, 0.5) is 0 Å². The fourth-order valence-corrected chi connectivity index (χ4v) is 3.27. The summed E-state index contributed by atoms with van der Waals surface area (Å²) in [6.45, 7) is 5.25. The van der Waals surface area contributed by atoms with E-state index in [2.05, 4.69) is 6.92 Å². The van der Waals surface area contributed by atoms with Gasteiger partial charge in [0.25, 0.3) is 5.91 Å². The fourth-order valence-electron chi connectivity index (χ4n) is 3.27. The lowest BCUT2D eigenvalue weighted by atomic mass is 9.99. The lowest BCUT2D eigenvalue weighted by Gasteiger charge is -2.31. The summed E-state index contributed by atoms with van der Waals surface area (Å²) in [4.78, 5) is 14.7. The monoisotopic (exact) mass is 303 g/mol. The standard InChI is InChI=1S/C18H25NO3/c1-14-6-4-10-19(12-14)18(20)16-8-2-3-9-17(16)22-13-15-7-5-11-21-15/h2-3,8-9,14-15H,4-7,10-13H2,1H3. The molecule has 0 bridgehead atoms. The molecule has 2 atom stereocenters. The van der Waals surface area contributed by atoms with Crippen LogP contribution in [-0.4, -0.2) is 43.2 Å². The average Bonchev–Trinajstić information content (AvgIpc) is 3.06. The van der Waals surface area contributed by atoms with Crippen LogP contribution in [0.5, 0.6) is 5.75 Å². The summed E-state index contributed by atoms with van der Waals surface area (Å²) in [7, 11) is 0. The molecule has 120 valence electrons. The highest BCUT2D eigenvalue weighted by molar-refractivity contribution is 5.97. The molecule has 0 N–H and O–H groups in total. The average molecular weight is 303 g/mol. The number of piperidine rings is 1. The number of benzene rings is 1. The Kier molecular flexibility index (Phi) is 4.98. The predicted octanol–water partition coefficient (Wildman–Crippen LogP) is 3.12. The number of carbonyl (C=O) groups is 1. The summed E-state index contributed by atoms with van der Waals surface area (Å²) in [5, 5.41) is 0. The Morgan fingerprint density at radius 2 is 2.18 bits per heavy atom. The van der Waals surface area contributed by atoms with E-state index in [0.29, 0.717) is 23.8 Å². The van der Waals surface area contributed by atoms with Crippen molar-refractivity contribution in [1.82, 2.24) is 4.90 Å². The molecule has 1 aromatic rings. The first-order chi connectivity index (χ1) is 10.7. The van der Waals surface area contributed by atoms with Gasteiger partial charge in [-0.25, -0.2) is 0 Å². The molecule has 1 amide bonds. The zero-order valence-corrected chi connectivity index (χ0v) is 13.3. The van der Waals surface area contributed by atoms with Crippen LogP contribution in [0.25, 0.3) is 0 Å². The summed E-state index contributed by atoms with van der Waals surface area (Å²) in [6, 6.07) is 7.57. The summed E-state index contributed by atoms with van der Waals surface area (Å²) < 4.78 is 11.5. The summed E-state index contributed by atoms with van der Waals surface area (Å²) in [5.41, 5.74) is 0.676. The highest BCUT2D eigenvalue weighted by Crippen LogP contribution is 2.24. The summed E-state index contributed by atoms with van der Waals surface area (Å²) >= 11 is 0. The SMILES string of the molecule is CC1CCCN(C(=O)c2ccccc2OCC2CCCO2)C1. The van der Waals surface area contributed by atoms with Gasteiger partial charge in [0.05, 0.1) is 11.7 Å². The third-order valence-electron chi connectivity index (χ3n) is 4.51. The van der Waals surface area contributed by atoms with Gasteiger partial charge in [0, 0.05) is 19.7 Å². The maximum Gasteiger partial charge on any atom is 0.257 e. The Morgan fingerprint density at radius 3 is 2.95 bits per heavy atom. The molecule has 22 heavy (non-hydrogen) atoms. The van der Waals surface area contributed by atoms with Crippen LogP contribution in [0, 0.1) is 5.92 Å². The molecular formula is C18H25NO3. The quantitative estimate of drug-likeness (QED) is 0.858. The maximum atomic E-state index is 12.8. The van der Waals surface area contributed by atoms with Gasteiger partial charge in [0.1, 0.15) is 12.4 Å². The van der Waals surface area contributed by atoms with Crippen molar-refractivity contribution in [2.45, 2.75) is 38.7 Å². The van der Waals surface area contributed by atoms with Crippen LogP contribution >= 0.6 is 0 Å². The summed E-state index contributed by atoms with van der Waals surface area (Å²) in [6.07, 6.45) is 4.60. The van der Waals surface area contributed by atoms with Gasteiger partial charge in [-0.2, -0.15) is 0 Å². The molecule has 0 aromatic heterocycles. The molecule has 2 unspecified atom stereocenters. The zero-order valence-electron chi connectivity index (χ0n) is 13.3. The van der Waals surface area contributed by atoms with E-state index in [1.165, 1.54) is 6.42 Å². The Morgan fingerprint density at radius 1 is 1.32 bits per heavy atom. The molecule has 4 nitrogen and oxygen atoms in total. The normalized spacial score (nSPS) is 25.2. The minimum Gasteiger partial charge on any atom is -0.490 e. The predicted molar refractivity (Wildman–Crippen MR) is 85.2 cm³/mol. The molecule has 2 saturated heterocycles. The van der Waals surface area contributed by atoms with Gasteiger partial charge in [0.15, 0.2) is 0 Å². The number of amides is 1. The van der Waals surface area contributed by atoms with Crippen molar-refractivity contribution in [2.24, 2.45) is 5.92 Å². The van der Waals surface area contributed by atoms with Crippen LogP contribution < -0.4 is 4.74 Å². The Balaban J connectivity index is 1.68. The van der Waals surface area contributed by atoms with E-state index >= 15 is 0 Å². The second-order valence-corrected chi connectivity index (χ2v) is 6.44. The molecule has 2 heterocycles. The third kappa shape index (κ3) is 3.61. The van der Waals surface area contributed by atoms with Crippen LogP contribution in [0.15, 0.2) is 24.3 Å². The van der Waals surface area contributed by atoms with Crippen LogP contribution in [-0.2, 0) is 4.74 Å². The van der Waals surface area contributed by atoms with E-state index in [1.807, 2.05) is 29.2 Å². The van der Waals surface area contributed by atoms with Crippen LogP contribution in [0.3, 0.4) is 0 Å². The van der Waals surface area contributed by atoms with E-state index in [4.69, 9.17) is 9.47 Å². The number of rotatable bonds is 4. The van der Waals surface area contributed by atoms with E-state index in [-0.39, 0.29) is 12.0 Å². The molecule has 3 rings (SSSR count). The van der Waals surface area contributed by atoms with Crippen molar-refractivity contribution in [1.29, 1.82) is 0 Å². The number of para-hydroxylation sites is 1. The first-order valence-electron chi connectivity index (χ1n) is 8.37. The van der Waals surface area contributed by atoms with Gasteiger partial charge in [-0.05, 0) is 43.7 Å². The molecular weight excluding hydrogens is 278 g/mol. The van der Waals surface area contributed by atoms with Gasteiger partial charge in [0.2, 0.25) is 0 Å². The molecule has 1 aromatic carbocycles. The first kappa shape index (κ1) is 15.3. The smallest absolute Gasteiger partial charge is 0.257 e. The third-order valence-corrected chi connectivity index (χ3v) is 4.51. The van der Waals surface area contributed by atoms with Crippen molar-refractivity contribution in [3.8, 4) is 5.75 Å². The number of likely N-dealkylation sites (tertiary alicyclic amines) is 1. The van der Waals surface area contributed by atoms with E-state index < -0.39 is 0 Å². The number of carbonyl (C=O) groups excluding carboxylic acids is 1. The van der Waals surface area contributed by atoms with Crippen LogP contribution in [0.1, 0.15) is 43.0 Å². The second-order valence-electron chi connectivity index (χ2n) is 6.44. The minimum absolute atomic E-state index is 0.0921. The van der Waals surface area contributed by atoms with Gasteiger partial charge in [-0.1, -0.05) is 19.1 Å². The number of nitrogens with zero attached hydrogens (tertiary/aromatic N) is 1. The zero-order chi connectivity index (χ0) is 15.4. The maximum absolute atomic E-state index is 12.8. The van der Waals surface area contributed by atoms with Crippen molar-refractivity contribution in [2.75, 3.05) is 26.3 Å². The van der Waals surface area contributed by atoms with Gasteiger partial charge in [-0.3, -0.25) is 4.79 Å². The van der Waals surface area contributed by atoms with Crippen molar-refractivity contribution < 1.29 is 14.3 Å². The number of hydrogen-bond acceptors (Lipinski definition) is 3. The van der Waals surface area contributed by atoms with Crippen molar-refractivity contribution in [3.63, 3.8) is 0 Å². The molecule has 2 aliphatic heterocycles. The van der Waals surface area contributed by atoms with Crippen LogP contribution in [0.2, 0.25) is 0 Å². The minimum atomic E-state index is 0.0921. The largest absolute Gasteiger partial charge is 0.490 e. The Labute approximate surface area is 132 Å². The van der Waals surface area contributed by atoms with E-state index in [0.717, 1.165) is 39.0 Å². The van der Waals surface area contributed by atoms with Gasteiger partial charge >= 0.3 is 0 Å². The molecule has 0 spiro atoms. The van der Waals surface area contributed by atoms with E-state index in [1.54, 1.807) is 0 Å². The molecule has 0 aliphatic carbocycles. The Hall–Kier alpha value is -1.55. The highest BCUT2D eigenvalue weighted by Gasteiger charge is 2.24. The van der Waals surface area contributed by atoms with Crippen molar-refractivity contribution >= 4 is 5.91 Å². The number of hydrogen-bond donors (Lipinski definition) is 0.